The van der Waals surface area contributed by atoms with E-state index in [1.54, 1.807) is 0 Å². The van der Waals surface area contributed by atoms with Gasteiger partial charge in [-0.1, -0.05) is 0 Å². The molecule has 0 aromatic heterocycles. The summed E-state index contributed by atoms with van der Waals surface area (Å²) in [6.45, 7) is 1.38. The molecule has 0 saturated carbocycles. The second kappa shape index (κ2) is 6.55. The highest BCUT2D eigenvalue weighted by atomic mass is 19.2. The summed E-state index contributed by atoms with van der Waals surface area (Å²) < 4.78 is 26.0. The molecule has 0 radical (unpaired) electrons. The molecule has 20 heavy (non-hydrogen) atoms. The van der Waals surface area contributed by atoms with E-state index in [1.807, 2.05) is 0 Å². The van der Waals surface area contributed by atoms with Crippen molar-refractivity contribution in [2.75, 3.05) is 13.1 Å². The van der Waals surface area contributed by atoms with Gasteiger partial charge >= 0.3 is 0 Å². The fourth-order valence-electron chi connectivity index (χ4n) is 1.38. The Morgan fingerprint density at radius 1 is 1.20 bits per heavy atom. The minimum atomic E-state index is -1.41. The number of benzene rings is 1. The highest BCUT2D eigenvalue weighted by Crippen LogP contribution is 2.22. The number of nitrogens with one attached hydrogen (secondary N) is 2. The number of halogens is 2. The lowest BCUT2D eigenvalue weighted by Crippen LogP contribution is -2.34. The lowest BCUT2D eigenvalue weighted by Gasteiger charge is -2.06. The summed E-state index contributed by atoms with van der Waals surface area (Å²) in [5.41, 5.74) is -1.42. The molecule has 7 nitrogen and oxygen atoms in total. The maximum Gasteiger partial charge on any atom is 0.285 e. The highest BCUT2D eigenvalue weighted by Gasteiger charge is 2.23. The minimum Gasteiger partial charge on any atom is -0.355 e. The van der Waals surface area contributed by atoms with Gasteiger partial charge in [0.15, 0.2) is 11.6 Å². The Bertz CT molecular complexity index is 563. The zero-order valence-electron chi connectivity index (χ0n) is 10.4. The summed E-state index contributed by atoms with van der Waals surface area (Å²) in [6.07, 6.45) is 0. The number of nitro benzene ring substituents is 1. The molecule has 2 amide bonds. The lowest BCUT2D eigenvalue weighted by molar-refractivity contribution is -0.385. The molecule has 0 heterocycles. The van der Waals surface area contributed by atoms with E-state index in [0.29, 0.717) is 12.1 Å². The SMILES string of the molecule is CC(=O)NCCNC(=O)c1cc(F)c(F)cc1[N+](=O)[O-]. The number of carbonyl (C=O) groups excluding carboxylic acids is 2. The molecule has 0 spiro atoms. The number of nitrogens with zero attached hydrogens (tertiary/aromatic N) is 1. The van der Waals surface area contributed by atoms with Crippen LogP contribution in [-0.2, 0) is 4.79 Å². The van der Waals surface area contributed by atoms with Gasteiger partial charge in [-0.15, -0.1) is 0 Å². The molecule has 108 valence electrons. The Labute approximate surface area is 112 Å². The van der Waals surface area contributed by atoms with Crippen LogP contribution in [0.1, 0.15) is 17.3 Å². The Balaban J connectivity index is 2.84. The molecule has 0 aliphatic rings. The van der Waals surface area contributed by atoms with Gasteiger partial charge in [0.25, 0.3) is 11.6 Å². The number of hydrogen-bond acceptors (Lipinski definition) is 4. The minimum absolute atomic E-state index is 0.00539. The predicted octanol–water partition coefficient (Wildman–Crippen LogP) is 0.739. The monoisotopic (exact) mass is 287 g/mol. The van der Waals surface area contributed by atoms with Crippen LogP contribution in [0.5, 0.6) is 0 Å². The van der Waals surface area contributed by atoms with Crippen molar-refractivity contribution in [1.82, 2.24) is 10.6 Å². The first-order valence-corrected chi connectivity index (χ1v) is 5.49. The Morgan fingerprint density at radius 2 is 1.75 bits per heavy atom. The molecule has 0 unspecified atom stereocenters. The molecule has 1 rings (SSSR count). The summed E-state index contributed by atoms with van der Waals surface area (Å²) in [4.78, 5) is 31.9. The van der Waals surface area contributed by atoms with Gasteiger partial charge in [-0.2, -0.15) is 0 Å². The first-order valence-electron chi connectivity index (χ1n) is 5.49. The van der Waals surface area contributed by atoms with Crippen molar-refractivity contribution >= 4 is 17.5 Å². The van der Waals surface area contributed by atoms with E-state index in [2.05, 4.69) is 10.6 Å². The van der Waals surface area contributed by atoms with Crippen molar-refractivity contribution < 1.29 is 23.3 Å². The van der Waals surface area contributed by atoms with Gasteiger partial charge in [-0.25, -0.2) is 8.78 Å². The highest BCUT2D eigenvalue weighted by molar-refractivity contribution is 5.98. The van der Waals surface area contributed by atoms with Crippen molar-refractivity contribution in [3.05, 3.63) is 39.4 Å². The van der Waals surface area contributed by atoms with Gasteiger partial charge in [0.05, 0.1) is 11.0 Å². The molecule has 1 aromatic carbocycles. The number of carbonyl (C=O) groups is 2. The molecule has 9 heteroatoms. The molecule has 0 fully saturated rings. The molecule has 1 aromatic rings. The Morgan fingerprint density at radius 3 is 2.30 bits per heavy atom. The average Bonchev–Trinajstić information content (AvgIpc) is 2.36. The second-order valence-corrected chi connectivity index (χ2v) is 3.78. The van der Waals surface area contributed by atoms with Crippen LogP contribution >= 0.6 is 0 Å². The fourth-order valence-corrected chi connectivity index (χ4v) is 1.38. The molecule has 0 aliphatic heterocycles. The standard InChI is InChI=1S/C11H11F2N3O4/c1-6(17)14-2-3-15-11(18)7-4-8(12)9(13)5-10(7)16(19)20/h4-5H,2-3H2,1H3,(H,14,17)(H,15,18). The van der Waals surface area contributed by atoms with E-state index in [4.69, 9.17) is 0 Å². The van der Waals surface area contributed by atoms with Crippen molar-refractivity contribution in [3.63, 3.8) is 0 Å². The van der Waals surface area contributed by atoms with Crippen LogP contribution < -0.4 is 10.6 Å². The van der Waals surface area contributed by atoms with Crippen LogP contribution in [0.25, 0.3) is 0 Å². The number of hydrogen-bond donors (Lipinski definition) is 2. The summed E-state index contributed by atoms with van der Waals surface area (Å²) in [5.74, 6) is -4.01. The van der Waals surface area contributed by atoms with Crippen molar-refractivity contribution in [1.29, 1.82) is 0 Å². The van der Waals surface area contributed by atoms with Crippen LogP contribution in [-0.4, -0.2) is 29.8 Å². The quantitative estimate of drug-likeness (QED) is 0.473. The van der Waals surface area contributed by atoms with Crippen molar-refractivity contribution in [3.8, 4) is 0 Å². The zero-order chi connectivity index (χ0) is 15.3. The second-order valence-electron chi connectivity index (χ2n) is 3.78. The Kier molecular flexibility index (Phi) is 5.07. The smallest absolute Gasteiger partial charge is 0.285 e. The van der Waals surface area contributed by atoms with Crippen LogP contribution in [0.15, 0.2) is 12.1 Å². The number of amides is 2. The summed E-state index contributed by atoms with van der Waals surface area (Å²) in [6, 6.07) is 0.805. The molecule has 0 atom stereocenters. The predicted molar refractivity (Wildman–Crippen MR) is 64.0 cm³/mol. The summed E-state index contributed by atoms with van der Waals surface area (Å²) in [7, 11) is 0. The molecule has 0 aliphatic carbocycles. The zero-order valence-corrected chi connectivity index (χ0v) is 10.4. The largest absolute Gasteiger partial charge is 0.355 e. The van der Waals surface area contributed by atoms with E-state index in [-0.39, 0.29) is 19.0 Å². The van der Waals surface area contributed by atoms with Gasteiger partial charge in [-0.3, -0.25) is 19.7 Å². The summed E-state index contributed by atoms with van der Waals surface area (Å²) >= 11 is 0. The number of rotatable bonds is 5. The van der Waals surface area contributed by atoms with E-state index in [1.165, 1.54) is 6.92 Å². The third-order valence-electron chi connectivity index (χ3n) is 2.26. The lowest BCUT2D eigenvalue weighted by atomic mass is 10.1. The van der Waals surface area contributed by atoms with Crippen LogP contribution in [0.3, 0.4) is 0 Å². The van der Waals surface area contributed by atoms with Crippen molar-refractivity contribution in [2.45, 2.75) is 6.92 Å². The van der Waals surface area contributed by atoms with Gasteiger partial charge in [0, 0.05) is 20.0 Å². The van der Waals surface area contributed by atoms with Crippen molar-refractivity contribution in [2.24, 2.45) is 0 Å². The fraction of sp³-hybridized carbons (Fsp3) is 0.273. The van der Waals surface area contributed by atoms with Gasteiger partial charge in [-0.05, 0) is 6.07 Å². The maximum atomic E-state index is 13.0. The normalized spacial score (nSPS) is 9.95. The average molecular weight is 287 g/mol. The molecule has 0 bridgehead atoms. The van der Waals surface area contributed by atoms with E-state index >= 15 is 0 Å². The third kappa shape index (κ3) is 3.97. The van der Waals surface area contributed by atoms with E-state index in [9.17, 15) is 28.5 Å². The molecule has 2 N–H and O–H groups in total. The van der Waals surface area contributed by atoms with E-state index in [0.717, 1.165) is 0 Å². The van der Waals surface area contributed by atoms with E-state index < -0.39 is 33.7 Å². The van der Waals surface area contributed by atoms with Crippen LogP contribution in [0.2, 0.25) is 0 Å². The van der Waals surface area contributed by atoms with Gasteiger partial charge in [0.2, 0.25) is 5.91 Å². The third-order valence-corrected chi connectivity index (χ3v) is 2.26. The van der Waals surface area contributed by atoms with Gasteiger partial charge in [0.1, 0.15) is 5.56 Å². The van der Waals surface area contributed by atoms with Gasteiger partial charge < -0.3 is 10.6 Å². The Hall–Kier alpha value is -2.58. The summed E-state index contributed by atoms with van der Waals surface area (Å²) in [5, 5.41) is 15.3. The molecule has 0 saturated heterocycles. The first kappa shape index (κ1) is 15.5. The maximum absolute atomic E-state index is 13.0. The van der Waals surface area contributed by atoms with Crippen LogP contribution in [0.4, 0.5) is 14.5 Å². The molecular weight excluding hydrogens is 276 g/mol. The van der Waals surface area contributed by atoms with Crippen LogP contribution in [0, 0.1) is 21.7 Å². The topological polar surface area (TPSA) is 101 Å². The molecular formula is C11H11F2N3O4. The first-order chi connectivity index (χ1) is 9.32. The number of nitro groups is 1.